The SMILES string of the molecule is Cc1c(Cl)c(-c2cccc3cccc(F)c23)c(F)c2nc(CCC34CCCN3CCC4)nc(N3CC4CCC(C3)N4)c12. The van der Waals surface area contributed by atoms with E-state index in [1.807, 2.05) is 25.1 Å². The molecule has 1 aromatic heterocycles. The van der Waals surface area contributed by atoms with Crippen molar-refractivity contribution in [2.45, 2.75) is 75.9 Å². The van der Waals surface area contributed by atoms with Gasteiger partial charge in [0.25, 0.3) is 0 Å². The van der Waals surface area contributed by atoms with E-state index >= 15 is 8.78 Å². The molecule has 5 nitrogen and oxygen atoms in total. The molecule has 3 aromatic carbocycles. The van der Waals surface area contributed by atoms with Gasteiger partial charge in [0.15, 0.2) is 5.82 Å². The first kappa shape index (κ1) is 26.7. The summed E-state index contributed by atoms with van der Waals surface area (Å²) in [5.41, 5.74) is 1.92. The number of hydrogen-bond acceptors (Lipinski definition) is 5. The summed E-state index contributed by atoms with van der Waals surface area (Å²) in [7, 11) is 0. The van der Waals surface area contributed by atoms with Crippen molar-refractivity contribution in [3.8, 4) is 11.1 Å². The number of nitrogens with zero attached hydrogens (tertiary/aromatic N) is 4. The lowest BCUT2D eigenvalue weighted by Crippen LogP contribution is -2.51. The minimum Gasteiger partial charge on any atom is -0.353 e. The number of aromatic nitrogens is 2. The van der Waals surface area contributed by atoms with Crippen molar-refractivity contribution in [3.63, 3.8) is 0 Å². The van der Waals surface area contributed by atoms with Gasteiger partial charge in [0.1, 0.15) is 23.0 Å². The van der Waals surface area contributed by atoms with Gasteiger partial charge in [-0.2, -0.15) is 0 Å². The number of halogens is 3. The highest BCUT2D eigenvalue weighted by Gasteiger charge is 2.44. The summed E-state index contributed by atoms with van der Waals surface area (Å²) in [6, 6.07) is 11.2. The molecule has 1 N–H and O–H groups in total. The van der Waals surface area contributed by atoms with Crippen LogP contribution < -0.4 is 10.2 Å². The third-order valence-corrected chi connectivity index (χ3v) is 11.0. The molecule has 4 fully saturated rings. The number of piperazine rings is 1. The van der Waals surface area contributed by atoms with E-state index in [9.17, 15) is 0 Å². The van der Waals surface area contributed by atoms with Crippen molar-refractivity contribution >= 4 is 39.1 Å². The largest absolute Gasteiger partial charge is 0.353 e. The molecule has 218 valence electrons. The molecule has 4 aromatic rings. The molecule has 0 aliphatic carbocycles. The number of anilines is 1. The Morgan fingerprint density at radius 1 is 0.976 bits per heavy atom. The third-order valence-electron chi connectivity index (χ3n) is 10.6. The summed E-state index contributed by atoms with van der Waals surface area (Å²) >= 11 is 7.04. The van der Waals surface area contributed by atoms with Gasteiger partial charge in [-0.25, -0.2) is 18.7 Å². The molecule has 4 aliphatic rings. The smallest absolute Gasteiger partial charge is 0.158 e. The molecule has 8 rings (SSSR count). The van der Waals surface area contributed by atoms with Crippen molar-refractivity contribution in [2.24, 2.45) is 0 Å². The molecule has 0 amide bonds. The second-order valence-corrected chi connectivity index (χ2v) is 13.3. The quantitative estimate of drug-likeness (QED) is 0.268. The maximum absolute atomic E-state index is 17.0. The van der Waals surface area contributed by atoms with Crippen LogP contribution >= 0.6 is 11.6 Å². The van der Waals surface area contributed by atoms with Crippen molar-refractivity contribution in [3.05, 3.63) is 64.4 Å². The third kappa shape index (κ3) is 4.15. The van der Waals surface area contributed by atoms with Crippen LogP contribution in [-0.4, -0.2) is 58.7 Å². The molecular weight excluding hydrogens is 552 g/mol. The summed E-state index contributed by atoms with van der Waals surface area (Å²) < 4.78 is 32.2. The Balaban J connectivity index is 1.31. The Morgan fingerprint density at radius 3 is 2.43 bits per heavy atom. The zero-order valence-electron chi connectivity index (χ0n) is 24.0. The minimum atomic E-state index is -0.499. The van der Waals surface area contributed by atoms with E-state index in [1.165, 1.54) is 44.8 Å². The summed E-state index contributed by atoms with van der Waals surface area (Å²) in [6.45, 7) is 5.92. The van der Waals surface area contributed by atoms with Crippen molar-refractivity contribution in [1.82, 2.24) is 20.2 Å². The first-order chi connectivity index (χ1) is 20.4. The predicted molar refractivity (Wildman–Crippen MR) is 165 cm³/mol. The van der Waals surface area contributed by atoms with E-state index in [4.69, 9.17) is 21.6 Å². The number of fused-ring (bicyclic) bond motifs is 5. The molecule has 2 atom stereocenters. The van der Waals surface area contributed by atoms with Crippen LogP contribution in [0.4, 0.5) is 14.6 Å². The summed E-state index contributed by atoms with van der Waals surface area (Å²) in [5.74, 6) is 0.580. The molecule has 2 bridgehead atoms. The molecule has 0 spiro atoms. The molecule has 0 saturated carbocycles. The lowest BCUT2D eigenvalue weighted by Gasteiger charge is -2.35. The highest BCUT2D eigenvalue weighted by atomic mass is 35.5. The first-order valence-corrected chi connectivity index (χ1v) is 15.9. The maximum atomic E-state index is 17.0. The zero-order valence-corrected chi connectivity index (χ0v) is 24.8. The fourth-order valence-corrected chi connectivity index (χ4v) is 8.82. The van der Waals surface area contributed by atoms with Crippen LogP contribution in [0.1, 0.15) is 56.3 Å². The maximum Gasteiger partial charge on any atom is 0.158 e. The van der Waals surface area contributed by atoms with E-state index in [0.29, 0.717) is 51.6 Å². The molecule has 8 heteroatoms. The average molecular weight is 588 g/mol. The minimum absolute atomic E-state index is 0.213. The Bertz CT molecular complexity index is 1700. The van der Waals surface area contributed by atoms with Crippen molar-refractivity contribution < 1.29 is 8.78 Å². The van der Waals surface area contributed by atoms with Gasteiger partial charge >= 0.3 is 0 Å². The molecule has 5 heterocycles. The van der Waals surface area contributed by atoms with Gasteiger partial charge in [-0.15, -0.1) is 0 Å². The van der Waals surface area contributed by atoms with E-state index < -0.39 is 11.6 Å². The van der Waals surface area contributed by atoms with Crippen molar-refractivity contribution in [2.75, 3.05) is 31.1 Å². The summed E-state index contributed by atoms with van der Waals surface area (Å²) in [4.78, 5) is 15.1. The fraction of sp³-hybridized carbons (Fsp3) is 0.471. The van der Waals surface area contributed by atoms with Gasteiger partial charge in [0.2, 0.25) is 0 Å². The Kier molecular flexibility index (Phi) is 6.43. The van der Waals surface area contributed by atoms with Crippen LogP contribution in [0.2, 0.25) is 5.02 Å². The van der Waals surface area contributed by atoms with Crippen LogP contribution in [0.5, 0.6) is 0 Å². The highest BCUT2D eigenvalue weighted by Crippen LogP contribution is 2.45. The molecular formula is C34H36ClF2N5. The van der Waals surface area contributed by atoms with E-state index in [-0.39, 0.29) is 16.1 Å². The lowest BCUT2D eigenvalue weighted by atomic mass is 9.88. The van der Waals surface area contributed by atoms with Crippen LogP contribution in [0.25, 0.3) is 32.8 Å². The van der Waals surface area contributed by atoms with E-state index in [0.717, 1.165) is 43.7 Å². The molecule has 42 heavy (non-hydrogen) atoms. The number of benzene rings is 3. The van der Waals surface area contributed by atoms with Gasteiger partial charge in [0, 0.05) is 48.1 Å². The topological polar surface area (TPSA) is 44.3 Å². The van der Waals surface area contributed by atoms with E-state index in [2.05, 4.69) is 15.1 Å². The Morgan fingerprint density at radius 2 is 1.69 bits per heavy atom. The number of aryl methyl sites for hydroxylation is 2. The van der Waals surface area contributed by atoms with Crippen molar-refractivity contribution in [1.29, 1.82) is 0 Å². The number of hydrogen-bond donors (Lipinski definition) is 1. The van der Waals surface area contributed by atoms with Gasteiger partial charge in [0.05, 0.1) is 10.4 Å². The molecule has 4 aliphatic heterocycles. The average Bonchev–Trinajstić information content (AvgIpc) is 3.68. The Labute approximate surface area is 250 Å². The van der Waals surface area contributed by atoms with Crippen LogP contribution in [0.3, 0.4) is 0 Å². The first-order valence-electron chi connectivity index (χ1n) is 15.5. The number of rotatable bonds is 5. The van der Waals surface area contributed by atoms with Crippen LogP contribution in [0.15, 0.2) is 36.4 Å². The highest BCUT2D eigenvalue weighted by molar-refractivity contribution is 6.36. The molecule has 0 radical (unpaired) electrons. The van der Waals surface area contributed by atoms with Crippen LogP contribution in [-0.2, 0) is 6.42 Å². The second kappa shape index (κ2) is 10.1. The fourth-order valence-electron chi connectivity index (χ4n) is 8.54. The van der Waals surface area contributed by atoms with Crippen LogP contribution in [0, 0.1) is 18.6 Å². The van der Waals surface area contributed by atoms with Gasteiger partial charge < -0.3 is 10.2 Å². The molecule has 2 unspecified atom stereocenters. The van der Waals surface area contributed by atoms with Gasteiger partial charge in [-0.05, 0) is 87.5 Å². The van der Waals surface area contributed by atoms with E-state index in [1.54, 1.807) is 12.1 Å². The number of nitrogens with one attached hydrogen (secondary N) is 1. The second-order valence-electron chi connectivity index (χ2n) is 12.9. The predicted octanol–water partition coefficient (Wildman–Crippen LogP) is 7.19. The normalized spacial score (nSPS) is 23.4. The van der Waals surface area contributed by atoms with Gasteiger partial charge in [-0.1, -0.05) is 41.9 Å². The Hall–Kier alpha value is -2.87. The standard InChI is InChI=1S/C34H36ClF2N5/c1-20-27-32(31(37)29(30(20)35)24-8-2-6-21-7-3-9-25(36)28(21)24)39-26(12-15-34-13-4-16-42(34)17-5-14-34)40-33(27)41-18-22-10-11-23(19-41)38-22/h2-3,6-9,22-23,38H,4-5,10-19H2,1H3. The summed E-state index contributed by atoms with van der Waals surface area (Å²) in [5, 5.41) is 5.74. The lowest BCUT2D eigenvalue weighted by molar-refractivity contribution is 0.182. The monoisotopic (exact) mass is 587 g/mol. The van der Waals surface area contributed by atoms with Gasteiger partial charge in [-0.3, -0.25) is 4.90 Å². The zero-order chi connectivity index (χ0) is 28.6. The summed E-state index contributed by atoms with van der Waals surface area (Å²) in [6.07, 6.45) is 8.89. The molecule has 4 saturated heterocycles.